The minimum Gasteiger partial charge on any atom is -0.477 e. The molecule has 2 aromatic carbocycles. The summed E-state index contributed by atoms with van der Waals surface area (Å²) >= 11 is 0. The lowest BCUT2D eigenvalue weighted by Gasteiger charge is -2.14. The van der Waals surface area contributed by atoms with Crippen LogP contribution < -0.4 is 21.7 Å². The van der Waals surface area contributed by atoms with E-state index in [0.29, 0.717) is 28.3 Å². The minimum atomic E-state index is -1.43. The molecule has 0 unspecified atom stereocenters. The number of aromatic nitrogens is 6. The number of benzene rings is 2. The smallest absolute Gasteiger partial charge is 0.342 e. The Morgan fingerprint density at radius 1 is 0.933 bits per heavy atom. The maximum atomic E-state index is 14.0. The average molecular weight is 614 g/mol. The van der Waals surface area contributed by atoms with E-state index in [1.54, 1.807) is 67.4 Å². The van der Waals surface area contributed by atoms with Crippen molar-refractivity contribution in [2.45, 2.75) is 19.9 Å². The van der Waals surface area contributed by atoms with Crippen molar-refractivity contribution in [2.24, 2.45) is 0 Å². The third kappa shape index (κ3) is 6.44. The summed E-state index contributed by atoms with van der Waals surface area (Å²) in [5, 5.41) is 13.3. The van der Waals surface area contributed by atoms with E-state index >= 15 is 0 Å². The minimum absolute atomic E-state index is 0.0819. The number of rotatable bonds is 6. The maximum Gasteiger partial charge on any atom is 0.342 e. The number of hydrogen-bond donors (Lipinski definition) is 2. The number of carbonyl (C=O) groups is 1. The Kier molecular flexibility index (Phi) is 8.47. The molecule has 3 N–H and O–H groups in total. The Labute approximate surface area is 253 Å². The third-order valence-corrected chi connectivity index (χ3v) is 6.46. The highest BCUT2D eigenvalue weighted by molar-refractivity contribution is 5.86. The summed E-state index contributed by atoms with van der Waals surface area (Å²) in [6, 6.07) is 13.9. The monoisotopic (exact) mass is 613 g/mol. The molecule has 0 bridgehead atoms. The van der Waals surface area contributed by atoms with Gasteiger partial charge in [-0.05, 0) is 68.4 Å². The van der Waals surface area contributed by atoms with Gasteiger partial charge in [0.25, 0.3) is 5.56 Å². The molecule has 0 saturated heterocycles. The van der Waals surface area contributed by atoms with Crippen LogP contribution in [-0.4, -0.2) is 39.8 Å². The van der Waals surface area contributed by atoms with Crippen LogP contribution in [0.1, 0.15) is 30.2 Å². The van der Waals surface area contributed by atoms with Crippen molar-refractivity contribution in [2.75, 3.05) is 5.73 Å². The Balaban J connectivity index is 0.000000180. The molecule has 45 heavy (non-hydrogen) atoms. The maximum absolute atomic E-state index is 14.0. The number of carboxylic acids is 1. The predicted molar refractivity (Wildman–Crippen MR) is 161 cm³/mol. The van der Waals surface area contributed by atoms with Crippen LogP contribution in [0.25, 0.3) is 22.6 Å². The molecule has 6 rings (SSSR count). The molecular weight excluding hydrogens is 588 g/mol. The van der Waals surface area contributed by atoms with Crippen molar-refractivity contribution in [1.82, 2.24) is 28.7 Å². The Hall–Kier alpha value is -6.18. The van der Waals surface area contributed by atoms with Gasteiger partial charge in [0.05, 0.1) is 11.9 Å². The predicted octanol–water partition coefficient (Wildman–Crippen LogP) is 4.72. The molecular formula is C31H25F2N7O5. The molecule has 0 aliphatic heterocycles. The van der Waals surface area contributed by atoms with Gasteiger partial charge < -0.3 is 15.6 Å². The van der Waals surface area contributed by atoms with Crippen LogP contribution in [0.2, 0.25) is 0 Å². The fraction of sp³-hybridized carbons (Fsp3) is 0.0968. The number of halogens is 2. The zero-order chi connectivity index (χ0) is 32.2. The normalized spacial score (nSPS) is 10.9. The number of nitrogens with zero attached hydrogens (tertiary/aromatic N) is 6. The van der Waals surface area contributed by atoms with Gasteiger partial charge in [-0.3, -0.25) is 9.36 Å². The molecule has 228 valence electrons. The zero-order valence-corrected chi connectivity index (χ0v) is 23.8. The van der Waals surface area contributed by atoms with Crippen molar-refractivity contribution < 1.29 is 23.4 Å². The van der Waals surface area contributed by atoms with E-state index in [4.69, 9.17) is 15.6 Å². The van der Waals surface area contributed by atoms with E-state index in [-0.39, 0.29) is 17.5 Å². The molecule has 0 radical (unpaired) electrons. The first-order valence-corrected chi connectivity index (χ1v) is 13.4. The lowest BCUT2D eigenvalue weighted by molar-refractivity contribution is 0.0693. The molecule has 0 aliphatic rings. The van der Waals surface area contributed by atoms with Gasteiger partial charge in [0.15, 0.2) is 23.1 Å². The summed E-state index contributed by atoms with van der Waals surface area (Å²) in [6.45, 7) is 3.37. The highest BCUT2D eigenvalue weighted by Crippen LogP contribution is 2.32. The molecule has 6 aromatic rings. The molecule has 0 aliphatic carbocycles. The van der Waals surface area contributed by atoms with Crippen LogP contribution in [0, 0.1) is 11.6 Å². The Bertz CT molecular complexity index is 2130. The van der Waals surface area contributed by atoms with Crippen LogP contribution in [0.15, 0.2) is 101 Å². The molecule has 14 heteroatoms. The van der Waals surface area contributed by atoms with Crippen molar-refractivity contribution in [1.29, 1.82) is 0 Å². The summed E-state index contributed by atoms with van der Waals surface area (Å²) in [5.41, 5.74) is 5.28. The first kappa shape index (κ1) is 30.3. The second-order valence-corrected chi connectivity index (χ2v) is 9.87. The van der Waals surface area contributed by atoms with Crippen LogP contribution in [0.3, 0.4) is 0 Å². The number of anilines is 1. The van der Waals surface area contributed by atoms with E-state index in [1.807, 2.05) is 0 Å². The molecule has 0 saturated carbocycles. The van der Waals surface area contributed by atoms with Gasteiger partial charge in [0.1, 0.15) is 16.9 Å². The number of aromatic carboxylic acids is 1. The summed E-state index contributed by atoms with van der Waals surface area (Å²) in [7, 11) is 0. The van der Waals surface area contributed by atoms with Gasteiger partial charge in [-0.15, -0.1) is 0 Å². The van der Waals surface area contributed by atoms with Gasteiger partial charge in [0, 0.05) is 48.1 Å². The van der Waals surface area contributed by atoms with Crippen molar-refractivity contribution in [3.05, 3.63) is 130 Å². The molecule has 0 fully saturated rings. The zero-order valence-electron chi connectivity index (χ0n) is 23.8. The van der Waals surface area contributed by atoms with E-state index in [1.165, 1.54) is 24.3 Å². The van der Waals surface area contributed by atoms with E-state index in [0.717, 1.165) is 27.5 Å². The number of pyridine rings is 1. The summed E-state index contributed by atoms with van der Waals surface area (Å²) in [6.07, 6.45) is 7.75. The summed E-state index contributed by atoms with van der Waals surface area (Å²) in [4.78, 5) is 44.1. The number of fused-ring (bicyclic) bond motifs is 1. The molecule has 12 nitrogen and oxygen atoms in total. The lowest BCUT2D eigenvalue weighted by atomic mass is 10.2. The Morgan fingerprint density at radius 3 is 2.29 bits per heavy atom. The molecule has 4 aromatic heterocycles. The number of nitrogens with two attached hydrogens (primary N) is 1. The largest absolute Gasteiger partial charge is 0.477 e. The van der Waals surface area contributed by atoms with E-state index < -0.39 is 34.4 Å². The van der Waals surface area contributed by atoms with Crippen LogP contribution in [0.4, 0.5) is 14.5 Å². The topological polar surface area (TPSA) is 160 Å². The number of carboxylic acid groups (broad SMARTS) is 1. The molecule has 4 heterocycles. The first-order valence-electron chi connectivity index (χ1n) is 13.4. The van der Waals surface area contributed by atoms with Gasteiger partial charge in [0.2, 0.25) is 0 Å². The standard InChI is InChI=1S/C17H12FN5O.C14H13FN2O4/c18-13-9-12(19)2-3-15(13)24-16-8-11(17-20-5-1-6-21-17)10-23-14(16)4-7-22-23;1-8(2)16-7-11(13(19)20)12(18)17(14(16)21)10-5-3-9(15)4-6-10/h1-10H,19H2;3-8H,1-2H3,(H,19,20). The van der Waals surface area contributed by atoms with Gasteiger partial charge in [-0.2, -0.15) is 5.10 Å². The summed E-state index contributed by atoms with van der Waals surface area (Å²) in [5.74, 6) is -1.43. The second-order valence-electron chi connectivity index (χ2n) is 9.87. The molecule has 0 atom stereocenters. The lowest BCUT2D eigenvalue weighted by Crippen LogP contribution is -2.41. The van der Waals surface area contributed by atoms with Gasteiger partial charge in [-0.25, -0.2) is 37.4 Å². The third-order valence-electron chi connectivity index (χ3n) is 6.46. The van der Waals surface area contributed by atoms with Crippen LogP contribution in [-0.2, 0) is 0 Å². The van der Waals surface area contributed by atoms with Crippen LogP contribution in [0.5, 0.6) is 11.5 Å². The second kappa shape index (κ2) is 12.6. The number of hydrogen-bond acceptors (Lipinski definition) is 8. The average Bonchev–Trinajstić information content (AvgIpc) is 3.49. The fourth-order valence-corrected chi connectivity index (χ4v) is 4.27. The van der Waals surface area contributed by atoms with Gasteiger partial charge >= 0.3 is 11.7 Å². The quantitative estimate of drug-likeness (QED) is 0.253. The summed E-state index contributed by atoms with van der Waals surface area (Å²) < 4.78 is 36.2. The van der Waals surface area contributed by atoms with Crippen molar-refractivity contribution >= 4 is 17.2 Å². The molecule has 0 amide bonds. The fourth-order valence-electron chi connectivity index (χ4n) is 4.27. The van der Waals surface area contributed by atoms with E-state index in [2.05, 4.69) is 15.1 Å². The highest BCUT2D eigenvalue weighted by atomic mass is 19.1. The first-order chi connectivity index (χ1) is 21.5. The van der Waals surface area contributed by atoms with Gasteiger partial charge in [-0.1, -0.05) is 0 Å². The SMILES string of the molecule is CC(C)n1cc(C(=O)O)c(=O)n(-c2ccc(F)cc2)c1=O.Nc1ccc(Oc2cc(-c3ncccn3)cn3nccc23)c(F)c1. The highest BCUT2D eigenvalue weighted by Gasteiger charge is 2.19. The van der Waals surface area contributed by atoms with E-state index in [9.17, 15) is 23.2 Å². The van der Waals surface area contributed by atoms with Crippen LogP contribution >= 0.6 is 0 Å². The number of nitrogen functional groups attached to an aromatic ring is 1. The molecule has 0 spiro atoms. The Morgan fingerprint density at radius 2 is 1.64 bits per heavy atom. The van der Waals surface area contributed by atoms with Crippen molar-refractivity contribution in [3.63, 3.8) is 0 Å². The van der Waals surface area contributed by atoms with Crippen molar-refractivity contribution in [3.8, 4) is 28.6 Å². The number of ether oxygens (including phenoxy) is 1.